The number of anilines is 1. The van der Waals surface area contributed by atoms with Crippen LogP contribution in [0.1, 0.15) is 72.1 Å². The first-order valence-electron chi connectivity index (χ1n) is 11.2. The van der Waals surface area contributed by atoms with Crippen LogP contribution >= 0.6 is 7.60 Å². The highest BCUT2D eigenvalue weighted by molar-refractivity contribution is 7.53. The van der Waals surface area contributed by atoms with E-state index in [1.54, 1.807) is 12.4 Å². The Labute approximate surface area is 193 Å². The summed E-state index contributed by atoms with van der Waals surface area (Å²) < 4.78 is 24.7. The van der Waals surface area contributed by atoms with Crippen LogP contribution in [0.3, 0.4) is 0 Å². The van der Waals surface area contributed by atoms with Gasteiger partial charge in [0.25, 0.3) is 0 Å². The maximum Gasteiger partial charge on any atom is 0.349 e. The smallest absolute Gasteiger partial charge is 0.349 e. The minimum atomic E-state index is -3.35. The van der Waals surface area contributed by atoms with Crippen molar-refractivity contribution in [2.75, 3.05) is 24.4 Å². The molecule has 0 aliphatic carbocycles. The molecule has 2 aromatic rings. The Kier molecular flexibility index (Phi) is 8.55. The second kappa shape index (κ2) is 10.4. The van der Waals surface area contributed by atoms with Crippen LogP contribution in [0.2, 0.25) is 0 Å². The van der Waals surface area contributed by atoms with Gasteiger partial charge in [0.15, 0.2) is 0 Å². The number of aromatic hydroxyl groups is 1. The number of aromatic nitrogens is 1. The summed E-state index contributed by atoms with van der Waals surface area (Å²) in [5.41, 5.74) is 3.05. The van der Waals surface area contributed by atoms with E-state index >= 15 is 0 Å². The molecular weight excluding hydrogens is 423 g/mol. The van der Waals surface area contributed by atoms with Crippen molar-refractivity contribution >= 4 is 13.3 Å². The van der Waals surface area contributed by atoms with Crippen molar-refractivity contribution in [2.24, 2.45) is 0 Å². The van der Waals surface area contributed by atoms with Gasteiger partial charge in [-0.3, -0.25) is 9.55 Å². The molecule has 1 N–H and O–H groups in total. The van der Waals surface area contributed by atoms with Crippen molar-refractivity contribution in [3.63, 3.8) is 0 Å². The first kappa shape index (κ1) is 26.4. The molecule has 0 spiro atoms. The van der Waals surface area contributed by atoms with Crippen LogP contribution in [0.15, 0.2) is 36.7 Å². The van der Waals surface area contributed by atoms with Gasteiger partial charge >= 0.3 is 7.60 Å². The average molecular weight is 463 g/mol. The second-order valence-electron chi connectivity index (χ2n) is 10.0. The van der Waals surface area contributed by atoms with Crippen LogP contribution in [0, 0.1) is 0 Å². The van der Waals surface area contributed by atoms with E-state index in [0.29, 0.717) is 25.5 Å². The molecule has 178 valence electrons. The second-order valence-corrected chi connectivity index (χ2v) is 12.1. The SMILES string of the molecule is CCOP(=O)(CN(Cc1ccncc1)c1cc(C(C)(C)C)c(O)c(C(C)(C)C)c1)OCC. The Morgan fingerprint density at radius 3 is 1.81 bits per heavy atom. The van der Waals surface area contributed by atoms with E-state index in [1.807, 2.05) is 43.0 Å². The summed E-state index contributed by atoms with van der Waals surface area (Å²) in [5, 5.41) is 11.1. The highest BCUT2D eigenvalue weighted by Crippen LogP contribution is 2.50. The van der Waals surface area contributed by atoms with Gasteiger partial charge in [-0.05, 0) is 54.5 Å². The zero-order chi connectivity index (χ0) is 24.2. The maximum atomic E-state index is 13.5. The standard InChI is InChI=1S/C25H39N2O4P/c1-9-30-32(29,31-10-2)18-27(17-19-11-13-26-14-12-19)20-15-21(24(3,4)5)23(28)22(16-20)25(6,7)8/h11-16,28H,9-10,17-18H2,1-8H3. The lowest BCUT2D eigenvalue weighted by atomic mass is 9.79. The quantitative estimate of drug-likeness (QED) is 0.423. The molecule has 0 unspecified atom stereocenters. The fourth-order valence-corrected chi connectivity index (χ4v) is 5.30. The van der Waals surface area contributed by atoms with E-state index in [0.717, 1.165) is 22.4 Å². The summed E-state index contributed by atoms with van der Waals surface area (Å²) in [6.45, 7) is 17.2. The van der Waals surface area contributed by atoms with Crippen LogP contribution < -0.4 is 4.90 Å². The summed E-state index contributed by atoms with van der Waals surface area (Å²) >= 11 is 0. The van der Waals surface area contributed by atoms with Crippen LogP contribution in [-0.4, -0.2) is 29.6 Å². The van der Waals surface area contributed by atoms with Gasteiger partial charge in [-0.1, -0.05) is 41.5 Å². The van der Waals surface area contributed by atoms with E-state index in [2.05, 4.69) is 46.5 Å². The minimum absolute atomic E-state index is 0.106. The first-order valence-corrected chi connectivity index (χ1v) is 12.9. The molecule has 6 nitrogen and oxygen atoms in total. The molecule has 7 heteroatoms. The van der Waals surface area contributed by atoms with Gasteiger partial charge in [0.1, 0.15) is 12.0 Å². The van der Waals surface area contributed by atoms with E-state index < -0.39 is 7.60 Å². The maximum absolute atomic E-state index is 13.5. The van der Waals surface area contributed by atoms with Crippen LogP contribution in [0.25, 0.3) is 0 Å². The van der Waals surface area contributed by atoms with E-state index in [-0.39, 0.29) is 17.1 Å². The summed E-state index contributed by atoms with van der Waals surface area (Å²) in [7, 11) is -3.35. The van der Waals surface area contributed by atoms with Crippen molar-refractivity contribution in [1.82, 2.24) is 4.98 Å². The lowest BCUT2D eigenvalue weighted by Gasteiger charge is -2.33. The molecule has 0 bridgehead atoms. The number of rotatable bonds is 9. The van der Waals surface area contributed by atoms with Crippen molar-refractivity contribution in [2.45, 2.75) is 72.8 Å². The number of hydrogen-bond donors (Lipinski definition) is 1. The Balaban J connectivity index is 2.67. The van der Waals surface area contributed by atoms with Crippen molar-refractivity contribution in [1.29, 1.82) is 0 Å². The first-order chi connectivity index (χ1) is 14.8. The molecule has 2 rings (SSSR count). The molecule has 1 aromatic heterocycles. The molecule has 0 fully saturated rings. The number of phenols is 1. The number of nitrogens with zero attached hydrogens (tertiary/aromatic N) is 2. The number of phenolic OH excluding ortho intramolecular Hbond substituents is 1. The van der Waals surface area contributed by atoms with Gasteiger partial charge in [-0.15, -0.1) is 0 Å². The Morgan fingerprint density at radius 2 is 1.41 bits per heavy atom. The normalized spacial score (nSPS) is 12.8. The average Bonchev–Trinajstić information content (AvgIpc) is 2.67. The van der Waals surface area contributed by atoms with Gasteiger partial charge in [0.2, 0.25) is 0 Å². The lowest BCUT2D eigenvalue weighted by molar-refractivity contribution is 0.220. The van der Waals surface area contributed by atoms with Gasteiger partial charge in [0.05, 0.1) is 13.2 Å². The third-order valence-corrected chi connectivity index (χ3v) is 7.19. The molecule has 0 amide bonds. The van der Waals surface area contributed by atoms with E-state index in [1.165, 1.54) is 0 Å². The Hall–Kier alpha value is -1.88. The largest absolute Gasteiger partial charge is 0.507 e. The van der Waals surface area contributed by atoms with Gasteiger partial charge in [0, 0.05) is 35.8 Å². The zero-order valence-corrected chi connectivity index (χ0v) is 21.7. The fourth-order valence-electron chi connectivity index (χ4n) is 3.60. The van der Waals surface area contributed by atoms with E-state index in [9.17, 15) is 9.67 Å². The third-order valence-electron chi connectivity index (χ3n) is 5.19. The molecule has 0 aliphatic heterocycles. The number of hydrogen-bond acceptors (Lipinski definition) is 6. The fraction of sp³-hybridized carbons (Fsp3) is 0.560. The third kappa shape index (κ3) is 6.81. The van der Waals surface area contributed by atoms with Crippen molar-refractivity contribution < 1.29 is 18.7 Å². The Morgan fingerprint density at radius 1 is 0.938 bits per heavy atom. The summed E-state index contributed by atoms with van der Waals surface area (Å²) in [6, 6.07) is 7.87. The molecule has 0 radical (unpaired) electrons. The molecule has 32 heavy (non-hydrogen) atoms. The summed E-state index contributed by atoms with van der Waals surface area (Å²) in [5.74, 6) is 0.315. The molecule has 0 saturated heterocycles. The van der Waals surface area contributed by atoms with Crippen molar-refractivity contribution in [3.05, 3.63) is 53.3 Å². The van der Waals surface area contributed by atoms with Gasteiger partial charge < -0.3 is 19.1 Å². The predicted molar refractivity (Wildman–Crippen MR) is 132 cm³/mol. The molecular formula is C25H39N2O4P. The predicted octanol–water partition coefficient (Wildman–Crippen LogP) is 6.61. The highest BCUT2D eigenvalue weighted by Gasteiger charge is 2.31. The van der Waals surface area contributed by atoms with Crippen LogP contribution in [0.5, 0.6) is 5.75 Å². The number of pyridine rings is 1. The number of benzene rings is 1. The molecule has 1 heterocycles. The van der Waals surface area contributed by atoms with Crippen LogP contribution in [-0.2, 0) is 31.0 Å². The summed E-state index contributed by atoms with van der Waals surface area (Å²) in [6.07, 6.45) is 3.60. The van der Waals surface area contributed by atoms with Gasteiger partial charge in [-0.25, -0.2) is 0 Å². The zero-order valence-electron chi connectivity index (χ0n) is 20.8. The van der Waals surface area contributed by atoms with Gasteiger partial charge in [-0.2, -0.15) is 0 Å². The molecule has 0 saturated carbocycles. The highest BCUT2D eigenvalue weighted by atomic mass is 31.2. The molecule has 0 aliphatic rings. The minimum Gasteiger partial charge on any atom is -0.507 e. The lowest BCUT2D eigenvalue weighted by Crippen LogP contribution is -2.27. The topological polar surface area (TPSA) is 71.9 Å². The molecule has 0 atom stereocenters. The van der Waals surface area contributed by atoms with E-state index in [4.69, 9.17) is 9.05 Å². The van der Waals surface area contributed by atoms with Crippen LogP contribution in [0.4, 0.5) is 5.69 Å². The summed E-state index contributed by atoms with van der Waals surface area (Å²) in [4.78, 5) is 6.13. The Bertz CT molecular complexity index is 888. The van der Waals surface area contributed by atoms with Crippen molar-refractivity contribution in [3.8, 4) is 5.75 Å². The molecule has 1 aromatic carbocycles. The monoisotopic (exact) mass is 462 g/mol.